The van der Waals surface area contributed by atoms with E-state index in [1.54, 1.807) is 24.3 Å². The number of halogens is 1. The molecule has 0 aliphatic heterocycles. The molecule has 4 aromatic rings. The van der Waals surface area contributed by atoms with Crippen LogP contribution in [0, 0.1) is 5.82 Å². The Morgan fingerprint density at radius 1 is 1.20 bits per heavy atom. The van der Waals surface area contributed by atoms with Crippen molar-refractivity contribution < 1.29 is 9.18 Å². The molecule has 4 rings (SSSR count). The SMILES string of the molecule is O=C(Nc1n[nH]c(Cc2ccc(F)cc2)n1)c1ccc2nnnn2c1. The molecular formula is C15H11FN8O. The first-order chi connectivity index (χ1) is 12.2. The maximum absolute atomic E-state index is 12.9. The van der Waals surface area contributed by atoms with Crippen LogP contribution >= 0.6 is 0 Å². The van der Waals surface area contributed by atoms with Gasteiger partial charge in [-0.15, -0.1) is 10.2 Å². The Labute approximate surface area is 139 Å². The number of benzene rings is 1. The summed E-state index contributed by atoms with van der Waals surface area (Å²) in [6.07, 6.45) is 1.95. The first kappa shape index (κ1) is 14.9. The minimum absolute atomic E-state index is 0.152. The molecule has 3 aromatic heterocycles. The van der Waals surface area contributed by atoms with Crippen molar-refractivity contribution in [2.75, 3.05) is 5.32 Å². The highest BCUT2D eigenvalue weighted by atomic mass is 19.1. The van der Waals surface area contributed by atoms with Crippen LogP contribution in [0.4, 0.5) is 10.3 Å². The quantitative estimate of drug-likeness (QED) is 0.578. The molecule has 0 radical (unpaired) electrons. The molecule has 3 heterocycles. The summed E-state index contributed by atoms with van der Waals surface area (Å²) in [7, 11) is 0. The second-order valence-electron chi connectivity index (χ2n) is 5.26. The Kier molecular flexibility index (Phi) is 3.61. The number of pyridine rings is 1. The lowest BCUT2D eigenvalue weighted by molar-refractivity contribution is 0.102. The van der Waals surface area contributed by atoms with E-state index in [0.717, 1.165) is 5.56 Å². The molecular weight excluding hydrogens is 327 g/mol. The summed E-state index contributed by atoms with van der Waals surface area (Å²) in [5.74, 6) is 0.0234. The number of H-pyrrole nitrogens is 1. The van der Waals surface area contributed by atoms with Gasteiger partial charge in [-0.25, -0.2) is 4.39 Å². The highest BCUT2D eigenvalue weighted by Crippen LogP contribution is 2.10. The number of nitrogens with one attached hydrogen (secondary N) is 2. The van der Waals surface area contributed by atoms with E-state index >= 15 is 0 Å². The molecule has 0 aliphatic carbocycles. The van der Waals surface area contributed by atoms with E-state index in [9.17, 15) is 9.18 Å². The number of hydrogen-bond donors (Lipinski definition) is 2. The molecule has 0 saturated carbocycles. The van der Waals surface area contributed by atoms with Crippen LogP contribution in [0.15, 0.2) is 42.6 Å². The number of nitrogens with zero attached hydrogens (tertiary/aromatic N) is 6. The van der Waals surface area contributed by atoms with E-state index in [1.807, 2.05) is 0 Å². The number of anilines is 1. The van der Waals surface area contributed by atoms with Crippen molar-refractivity contribution in [2.24, 2.45) is 0 Å². The zero-order valence-corrected chi connectivity index (χ0v) is 12.7. The fraction of sp³-hybridized carbons (Fsp3) is 0.0667. The third-order valence-corrected chi connectivity index (χ3v) is 3.50. The van der Waals surface area contributed by atoms with Gasteiger partial charge in [0.2, 0.25) is 5.95 Å². The summed E-state index contributed by atoms with van der Waals surface area (Å²) in [5.41, 5.74) is 1.78. The fourth-order valence-electron chi connectivity index (χ4n) is 2.28. The van der Waals surface area contributed by atoms with Gasteiger partial charge in [-0.1, -0.05) is 12.1 Å². The standard InChI is InChI=1S/C15H11FN8O/c16-11-4-1-9(2-5-11)7-12-17-15(21-19-12)18-14(25)10-3-6-13-20-22-23-24(13)8-10/h1-6,8H,7H2,(H2,17,18,19,21,25). The summed E-state index contributed by atoms with van der Waals surface area (Å²) in [5, 5.41) is 20.3. The summed E-state index contributed by atoms with van der Waals surface area (Å²) in [6.45, 7) is 0. The first-order valence-electron chi connectivity index (χ1n) is 7.32. The van der Waals surface area contributed by atoms with Crippen LogP contribution in [0.3, 0.4) is 0 Å². The highest BCUT2D eigenvalue weighted by Gasteiger charge is 2.11. The number of aromatic nitrogens is 7. The van der Waals surface area contributed by atoms with E-state index in [4.69, 9.17) is 0 Å². The third-order valence-electron chi connectivity index (χ3n) is 3.50. The number of tetrazole rings is 1. The average molecular weight is 338 g/mol. The van der Waals surface area contributed by atoms with Crippen LogP contribution in [0.2, 0.25) is 0 Å². The smallest absolute Gasteiger partial charge is 0.259 e. The van der Waals surface area contributed by atoms with Gasteiger partial charge >= 0.3 is 0 Å². The molecule has 0 fully saturated rings. The van der Waals surface area contributed by atoms with E-state index in [1.165, 1.54) is 22.8 Å². The molecule has 10 heteroatoms. The van der Waals surface area contributed by atoms with Gasteiger partial charge < -0.3 is 0 Å². The van der Waals surface area contributed by atoms with Gasteiger partial charge in [0.05, 0.1) is 5.56 Å². The molecule has 2 N–H and O–H groups in total. The van der Waals surface area contributed by atoms with Crippen molar-refractivity contribution in [2.45, 2.75) is 6.42 Å². The fourth-order valence-corrected chi connectivity index (χ4v) is 2.28. The number of carbonyl (C=O) groups is 1. The van der Waals surface area contributed by atoms with Gasteiger partial charge in [-0.2, -0.15) is 9.50 Å². The second-order valence-corrected chi connectivity index (χ2v) is 5.26. The molecule has 9 nitrogen and oxygen atoms in total. The summed E-state index contributed by atoms with van der Waals surface area (Å²) in [4.78, 5) is 16.5. The Balaban J connectivity index is 1.46. The van der Waals surface area contributed by atoms with Gasteiger partial charge in [0.15, 0.2) is 5.65 Å². The lowest BCUT2D eigenvalue weighted by Gasteiger charge is -2.00. The van der Waals surface area contributed by atoms with Gasteiger partial charge in [-0.05, 0) is 40.3 Å². The largest absolute Gasteiger partial charge is 0.289 e. The predicted octanol–water partition coefficient (Wildman–Crippen LogP) is 1.22. The van der Waals surface area contributed by atoms with Crippen molar-refractivity contribution in [1.29, 1.82) is 0 Å². The normalized spacial score (nSPS) is 10.9. The summed E-state index contributed by atoms with van der Waals surface area (Å²) >= 11 is 0. The van der Waals surface area contributed by atoms with Crippen molar-refractivity contribution in [3.05, 3.63) is 65.4 Å². The molecule has 0 spiro atoms. The molecule has 1 aromatic carbocycles. The number of aromatic amines is 1. The van der Waals surface area contributed by atoms with Crippen LogP contribution in [0.5, 0.6) is 0 Å². The Bertz CT molecular complexity index is 1040. The number of hydrogen-bond acceptors (Lipinski definition) is 6. The number of carbonyl (C=O) groups excluding carboxylic acids is 1. The Morgan fingerprint density at radius 2 is 2.04 bits per heavy atom. The molecule has 0 atom stereocenters. The van der Waals surface area contributed by atoms with Crippen LogP contribution in [-0.4, -0.2) is 41.1 Å². The van der Waals surface area contributed by atoms with Gasteiger partial charge in [0.1, 0.15) is 11.6 Å². The van der Waals surface area contributed by atoms with Crippen LogP contribution in [0.25, 0.3) is 5.65 Å². The molecule has 25 heavy (non-hydrogen) atoms. The third kappa shape index (κ3) is 3.17. The highest BCUT2D eigenvalue weighted by molar-refractivity contribution is 6.03. The zero-order valence-electron chi connectivity index (χ0n) is 12.7. The van der Waals surface area contributed by atoms with Crippen LogP contribution in [-0.2, 0) is 6.42 Å². The monoisotopic (exact) mass is 338 g/mol. The predicted molar refractivity (Wildman–Crippen MR) is 84.3 cm³/mol. The average Bonchev–Trinajstić information content (AvgIpc) is 3.25. The van der Waals surface area contributed by atoms with E-state index < -0.39 is 0 Å². The van der Waals surface area contributed by atoms with E-state index in [0.29, 0.717) is 23.5 Å². The van der Waals surface area contributed by atoms with Crippen LogP contribution < -0.4 is 5.32 Å². The summed E-state index contributed by atoms with van der Waals surface area (Å²) in [6, 6.07) is 9.32. The minimum atomic E-state index is -0.385. The van der Waals surface area contributed by atoms with Crippen molar-refractivity contribution in [3.8, 4) is 0 Å². The topological polar surface area (TPSA) is 114 Å². The van der Waals surface area contributed by atoms with Gasteiger partial charge in [-0.3, -0.25) is 15.2 Å². The minimum Gasteiger partial charge on any atom is -0.289 e. The molecule has 0 unspecified atom stereocenters. The number of fused-ring (bicyclic) bond motifs is 1. The first-order valence-corrected chi connectivity index (χ1v) is 7.32. The van der Waals surface area contributed by atoms with Crippen molar-refractivity contribution in [1.82, 2.24) is 35.2 Å². The second kappa shape index (κ2) is 6.07. The molecule has 1 amide bonds. The lowest BCUT2D eigenvalue weighted by Crippen LogP contribution is -2.14. The van der Waals surface area contributed by atoms with Crippen LogP contribution in [0.1, 0.15) is 21.7 Å². The number of amides is 1. The molecule has 0 aliphatic rings. The molecule has 124 valence electrons. The van der Waals surface area contributed by atoms with Gasteiger partial charge in [0.25, 0.3) is 5.91 Å². The number of rotatable bonds is 4. The maximum Gasteiger partial charge on any atom is 0.259 e. The van der Waals surface area contributed by atoms with Gasteiger partial charge in [0, 0.05) is 12.6 Å². The molecule has 0 bridgehead atoms. The Morgan fingerprint density at radius 3 is 2.88 bits per heavy atom. The Hall–Kier alpha value is -3.69. The van der Waals surface area contributed by atoms with E-state index in [2.05, 4.69) is 36.0 Å². The molecule has 0 saturated heterocycles. The zero-order chi connectivity index (χ0) is 17.2. The van der Waals surface area contributed by atoms with Crippen molar-refractivity contribution in [3.63, 3.8) is 0 Å². The van der Waals surface area contributed by atoms with Crippen molar-refractivity contribution >= 4 is 17.5 Å². The lowest BCUT2D eigenvalue weighted by atomic mass is 10.1. The van der Waals surface area contributed by atoms with E-state index in [-0.39, 0.29) is 17.7 Å². The maximum atomic E-state index is 12.9. The summed E-state index contributed by atoms with van der Waals surface area (Å²) < 4.78 is 14.3.